The van der Waals surface area contributed by atoms with Crippen LogP contribution in [0.3, 0.4) is 0 Å². The molecule has 1 aliphatic rings. The highest BCUT2D eigenvalue weighted by atomic mass is 32.2. The summed E-state index contributed by atoms with van der Waals surface area (Å²) in [6.07, 6.45) is -3.76. The van der Waals surface area contributed by atoms with Gasteiger partial charge in [-0.25, -0.2) is 0 Å². The lowest BCUT2D eigenvalue weighted by Gasteiger charge is -2.20. The maximum Gasteiger partial charge on any atom is 0.416 e. The number of rotatable bonds is 3. The largest absolute Gasteiger partial charge is 0.416 e. The van der Waals surface area contributed by atoms with Crippen LogP contribution in [0, 0.1) is 5.92 Å². The van der Waals surface area contributed by atoms with Gasteiger partial charge in [0.05, 0.1) is 5.56 Å². The summed E-state index contributed by atoms with van der Waals surface area (Å²) in [5, 5.41) is 3.19. The molecule has 2 atom stereocenters. The molecule has 0 amide bonds. The lowest BCUT2D eigenvalue weighted by molar-refractivity contribution is -0.138. The van der Waals surface area contributed by atoms with Crippen LogP contribution in [-0.2, 0) is 12.6 Å². The second kappa shape index (κ2) is 5.53. The van der Waals surface area contributed by atoms with Crippen molar-refractivity contribution >= 4 is 11.8 Å². The molecule has 0 saturated carbocycles. The standard InChI is InChI=1S/C13H16F3NS/c1-17-12-8-18-7-10(12)6-9-4-2-3-5-11(9)13(14,15)16/h2-5,10,12,17H,6-8H2,1H3. The van der Waals surface area contributed by atoms with Crippen molar-refractivity contribution in [2.24, 2.45) is 5.92 Å². The van der Waals surface area contributed by atoms with Gasteiger partial charge in [-0.05, 0) is 36.8 Å². The van der Waals surface area contributed by atoms with E-state index < -0.39 is 11.7 Å². The summed E-state index contributed by atoms with van der Waals surface area (Å²) in [4.78, 5) is 0. The van der Waals surface area contributed by atoms with E-state index in [0.717, 1.165) is 11.5 Å². The van der Waals surface area contributed by atoms with Crippen molar-refractivity contribution in [2.75, 3.05) is 18.6 Å². The van der Waals surface area contributed by atoms with Gasteiger partial charge in [0.1, 0.15) is 0 Å². The highest BCUT2D eigenvalue weighted by Gasteiger charge is 2.35. The fourth-order valence-corrected chi connectivity index (χ4v) is 3.86. The molecule has 0 aromatic heterocycles. The van der Waals surface area contributed by atoms with Gasteiger partial charge in [-0.1, -0.05) is 18.2 Å². The van der Waals surface area contributed by atoms with Gasteiger partial charge in [-0.2, -0.15) is 24.9 Å². The lowest BCUT2D eigenvalue weighted by Crippen LogP contribution is -2.33. The number of thioether (sulfide) groups is 1. The summed E-state index contributed by atoms with van der Waals surface area (Å²) in [5.41, 5.74) is -0.0745. The number of hydrogen-bond donors (Lipinski definition) is 1. The molecule has 1 aromatic rings. The molecule has 2 rings (SSSR count). The van der Waals surface area contributed by atoms with Crippen molar-refractivity contribution in [1.29, 1.82) is 0 Å². The summed E-state index contributed by atoms with van der Waals surface area (Å²) in [6, 6.07) is 6.22. The summed E-state index contributed by atoms with van der Waals surface area (Å²) < 4.78 is 38.6. The van der Waals surface area contributed by atoms with E-state index in [1.807, 2.05) is 7.05 Å². The molecule has 1 aliphatic heterocycles. The van der Waals surface area contributed by atoms with Crippen LogP contribution in [-0.4, -0.2) is 24.6 Å². The summed E-state index contributed by atoms with van der Waals surface area (Å²) in [5.74, 6) is 2.19. The molecule has 1 aromatic carbocycles. The van der Waals surface area contributed by atoms with E-state index in [1.165, 1.54) is 12.1 Å². The summed E-state index contributed by atoms with van der Waals surface area (Å²) in [6.45, 7) is 0. The number of hydrogen-bond acceptors (Lipinski definition) is 2. The van der Waals surface area contributed by atoms with E-state index in [4.69, 9.17) is 0 Å². The molecule has 1 N–H and O–H groups in total. The Bertz CT molecular complexity index is 405. The van der Waals surface area contributed by atoms with Gasteiger partial charge >= 0.3 is 6.18 Å². The van der Waals surface area contributed by atoms with Gasteiger partial charge in [0, 0.05) is 11.8 Å². The van der Waals surface area contributed by atoms with Crippen molar-refractivity contribution in [3.63, 3.8) is 0 Å². The van der Waals surface area contributed by atoms with Crippen LogP contribution in [0.1, 0.15) is 11.1 Å². The first-order chi connectivity index (χ1) is 8.52. The predicted octanol–water partition coefficient (Wildman–Crippen LogP) is 3.20. The average molecular weight is 275 g/mol. The Hall–Kier alpha value is -0.680. The first-order valence-corrected chi connectivity index (χ1v) is 7.08. The third-order valence-electron chi connectivity index (χ3n) is 3.37. The molecule has 100 valence electrons. The first-order valence-electron chi connectivity index (χ1n) is 5.92. The smallest absolute Gasteiger partial charge is 0.316 e. The number of nitrogens with one attached hydrogen (secondary N) is 1. The number of alkyl halides is 3. The molecular formula is C13H16F3NS. The maximum absolute atomic E-state index is 12.9. The molecule has 0 radical (unpaired) electrons. The molecule has 1 fully saturated rings. The fraction of sp³-hybridized carbons (Fsp3) is 0.538. The quantitative estimate of drug-likeness (QED) is 0.909. The van der Waals surface area contributed by atoms with Crippen LogP contribution >= 0.6 is 11.8 Å². The lowest BCUT2D eigenvalue weighted by atomic mass is 9.92. The second-order valence-corrected chi connectivity index (χ2v) is 5.63. The Kier molecular flexibility index (Phi) is 4.22. The van der Waals surface area contributed by atoms with Crippen LogP contribution in [0.25, 0.3) is 0 Å². The zero-order chi connectivity index (χ0) is 13.2. The molecule has 2 unspecified atom stereocenters. The maximum atomic E-state index is 12.9. The Morgan fingerprint density at radius 3 is 2.67 bits per heavy atom. The number of benzene rings is 1. The molecule has 5 heteroatoms. The molecule has 1 nitrogen and oxygen atoms in total. The normalized spacial score (nSPS) is 24.4. The van der Waals surface area contributed by atoms with Crippen LogP contribution in [0.5, 0.6) is 0 Å². The van der Waals surface area contributed by atoms with Crippen LogP contribution < -0.4 is 5.32 Å². The monoisotopic (exact) mass is 275 g/mol. The third-order valence-corrected chi connectivity index (χ3v) is 4.63. The van der Waals surface area contributed by atoms with Crippen molar-refractivity contribution in [1.82, 2.24) is 5.32 Å². The zero-order valence-electron chi connectivity index (χ0n) is 10.1. The van der Waals surface area contributed by atoms with Gasteiger partial charge in [0.15, 0.2) is 0 Å². The molecule has 18 heavy (non-hydrogen) atoms. The molecule has 1 heterocycles. The van der Waals surface area contributed by atoms with Crippen LogP contribution in [0.15, 0.2) is 24.3 Å². The Labute approximate surface area is 109 Å². The van der Waals surface area contributed by atoms with E-state index in [2.05, 4.69) is 5.32 Å². The van der Waals surface area contributed by atoms with Gasteiger partial charge in [0.25, 0.3) is 0 Å². The minimum absolute atomic E-state index is 0.281. The minimum atomic E-state index is -4.25. The van der Waals surface area contributed by atoms with Gasteiger partial charge < -0.3 is 5.32 Å². The minimum Gasteiger partial charge on any atom is -0.316 e. The highest BCUT2D eigenvalue weighted by Crippen LogP contribution is 2.35. The third kappa shape index (κ3) is 3.01. The van der Waals surface area contributed by atoms with E-state index in [1.54, 1.807) is 23.9 Å². The first kappa shape index (κ1) is 13.7. The van der Waals surface area contributed by atoms with Crippen LogP contribution in [0.4, 0.5) is 13.2 Å². The van der Waals surface area contributed by atoms with Crippen LogP contribution in [0.2, 0.25) is 0 Å². The number of halogens is 3. The Balaban J connectivity index is 2.19. The van der Waals surface area contributed by atoms with Crippen molar-refractivity contribution in [2.45, 2.75) is 18.6 Å². The summed E-state index contributed by atoms with van der Waals surface area (Å²) >= 11 is 1.80. The Morgan fingerprint density at radius 2 is 2.00 bits per heavy atom. The predicted molar refractivity (Wildman–Crippen MR) is 68.8 cm³/mol. The Morgan fingerprint density at radius 1 is 1.28 bits per heavy atom. The van der Waals surface area contributed by atoms with Gasteiger partial charge in [-0.3, -0.25) is 0 Å². The fourth-order valence-electron chi connectivity index (χ4n) is 2.38. The summed E-state index contributed by atoms with van der Waals surface area (Å²) in [7, 11) is 1.87. The average Bonchev–Trinajstić information content (AvgIpc) is 2.75. The van der Waals surface area contributed by atoms with E-state index in [0.29, 0.717) is 18.0 Å². The van der Waals surface area contributed by atoms with Crippen molar-refractivity contribution < 1.29 is 13.2 Å². The highest BCUT2D eigenvalue weighted by molar-refractivity contribution is 7.99. The van der Waals surface area contributed by atoms with E-state index >= 15 is 0 Å². The second-order valence-electron chi connectivity index (χ2n) is 4.55. The topological polar surface area (TPSA) is 12.0 Å². The van der Waals surface area contributed by atoms with Crippen molar-refractivity contribution in [3.05, 3.63) is 35.4 Å². The SMILES string of the molecule is CNC1CSCC1Cc1ccccc1C(F)(F)F. The van der Waals surface area contributed by atoms with Gasteiger partial charge in [0.2, 0.25) is 0 Å². The van der Waals surface area contributed by atoms with Crippen molar-refractivity contribution in [3.8, 4) is 0 Å². The van der Waals surface area contributed by atoms with E-state index in [9.17, 15) is 13.2 Å². The molecule has 1 saturated heterocycles. The zero-order valence-corrected chi connectivity index (χ0v) is 10.9. The molecule has 0 bridgehead atoms. The van der Waals surface area contributed by atoms with Gasteiger partial charge in [-0.15, -0.1) is 0 Å². The molecule has 0 aliphatic carbocycles. The van der Waals surface area contributed by atoms with E-state index in [-0.39, 0.29) is 5.92 Å². The molecule has 0 spiro atoms. The molecular weight excluding hydrogens is 259 g/mol.